The van der Waals surface area contributed by atoms with Crippen molar-refractivity contribution in [2.45, 2.75) is 0 Å². The Morgan fingerprint density at radius 2 is 1.60 bits per heavy atom. The van der Waals surface area contributed by atoms with Crippen LogP contribution >= 0.6 is 15.9 Å². The summed E-state index contributed by atoms with van der Waals surface area (Å²) in [5.74, 6) is -0.144. The summed E-state index contributed by atoms with van der Waals surface area (Å²) in [6.07, 6.45) is 0. The number of ether oxygens (including phenoxy) is 2. The van der Waals surface area contributed by atoms with Crippen molar-refractivity contribution < 1.29 is 18.7 Å². The number of ketones is 1. The molecule has 0 saturated carbocycles. The molecule has 0 spiro atoms. The fraction of sp³-hybridized carbons (Fsp3) is 0.133. The minimum Gasteiger partial charge on any atom is -0.497 e. The Morgan fingerprint density at radius 3 is 2.20 bits per heavy atom. The van der Waals surface area contributed by atoms with E-state index < -0.39 is 11.6 Å². The zero-order valence-electron chi connectivity index (χ0n) is 10.9. The third kappa shape index (κ3) is 2.82. The lowest BCUT2D eigenvalue weighted by atomic mass is 10.0. The number of methoxy groups -OCH3 is 2. The third-order valence-electron chi connectivity index (χ3n) is 2.84. The molecule has 0 amide bonds. The van der Waals surface area contributed by atoms with E-state index in [1.807, 2.05) is 0 Å². The summed E-state index contributed by atoms with van der Waals surface area (Å²) in [4.78, 5) is 12.4. The molecule has 2 rings (SSSR count). The minimum atomic E-state index is -0.621. The normalized spacial score (nSPS) is 10.2. The van der Waals surface area contributed by atoms with Gasteiger partial charge in [0.05, 0.1) is 19.8 Å². The van der Waals surface area contributed by atoms with Gasteiger partial charge >= 0.3 is 0 Å². The van der Waals surface area contributed by atoms with E-state index in [-0.39, 0.29) is 5.56 Å². The van der Waals surface area contributed by atoms with Gasteiger partial charge in [-0.2, -0.15) is 0 Å². The van der Waals surface area contributed by atoms with Gasteiger partial charge in [0.2, 0.25) is 0 Å². The van der Waals surface area contributed by atoms with E-state index in [1.54, 1.807) is 24.3 Å². The van der Waals surface area contributed by atoms with Gasteiger partial charge in [-0.05, 0) is 30.3 Å². The van der Waals surface area contributed by atoms with Crippen LogP contribution in [0.3, 0.4) is 0 Å². The van der Waals surface area contributed by atoms with Gasteiger partial charge in [0.15, 0.2) is 5.78 Å². The molecule has 0 atom stereocenters. The molecule has 0 heterocycles. The second-order valence-corrected chi connectivity index (χ2v) is 4.88. The Bertz CT molecular complexity index is 656. The Labute approximate surface area is 124 Å². The highest BCUT2D eigenvalue weighted by Crippen LogP contribution is 2.26. The van der Waals surface area contributed by atoms with Crippen molar-refractivity contribution >= 4 is 21.7 Å². The highest BCUT2D eigenvalue weighted by atomic mass is 79.9. The molecule has 0 aliphatic heterocycles. The van der Waals surface area contributed by atoms with Crippen LogP contribution in [0.5, 0.6) is 11.5 Å². The summed E-state index contributed by atoms with van der Waals surface area (Å²) in [6, 6.07) is 9.10. The van der Waals surface area contributed by atoms with Gasteiger partial charge in [-0.25, -0.2) is 4.39 Å². The van der Waals surface area contributed by atoms with Crippen LogP contribution in [0.4, 0.5) is 4.39 Å². The van der Waals surface area contributed by atoms with E-state index in [9.17, 15) is 9.18 Å². The highest BCUT2D eigenvalue weighted by molar-refractivity contribution is 9.10. The van der Waals surface area contributed by atoms with E-state index in [0.29, 0.717) is 21.5 Å². The number of benzene rings is 2. The third-order valence-corrected chi connectivity index (χ3v) is 3.53. The van der Waals surface area contributed by atoms with Crippen molar-refractivity contribution in [1.82, 2.24) is 0 Å². The Kier molecular flexibility index (Phi) is 4.39. The molecule has 2 aromatic carbocycles. The molecular formula is C15H12BrFO3. The van der Waals surface area contributed by atoms with E-state index in [0.717, 1.165) is 0 Å². The van der Waals surface area contributed by atoms with Gasteiger partial charge in [0, 0.05) is 16.1 Å². The topological polar surface area (TPSA) is 35.5 Å². The first kappa shape index (κ1) is 14.5. The van der Waals surface area contributed by atoms with E-state index in [4.69, 9.17) is 9.47 Å². The Hall–Kier alpha value is -1.88. The van der Waals surface area contributed by atoms with Gasteiger partial charge in [0.1, 0.15) is 17.3 Å². The molecule has 3 nitrogen and oxygen atoms in total. The molecule has 0 aliphatic rings. The quantitative estimate of drug-likeness (QED) is 0.794. The number of hydrogen-bond donors (Lipinski definition) is 0. The first-order chi connectivity index (χ1) is 9.56. The van der Waals surface area contributed by atoms with Gasteiger partial charge in [-0.3, -0.25) is 4.79 Å². The molecule has 0 fully saturated rings. The van der Waals surface area contributed by atoms with Crippen molar-refractivity contribution in [2.24, 2.45) is 0 Å². The van der Waals surface area contributed by atoms with Crippen LogP contribution in [0, 0.1) is 5.82 Å². The molecule has 0 saturated heterocycles. The molecule has 5 heteroatoms. The van der Waals surface area contributed by atoms with E-state index in [1.165, 1.54) is 26.4 Å². The smallest absolute Gasteiger partial charge is 0.197 e. The predicted octanol–water partition coefficient (Wildman–Crippen LogP) is 3.84. The largest absolute Gasteiger partial charge is 0.497 e. The van der Waals surface area contributed by atoms with Gasteiger partial charge in [-0.15, -0.1) is 0 Å². The summed E-state index contributed by atoms with van der Waals surface area (Å²) in [5, 5.41) is 0. The summed E-state index contributed by atoms with van der Waals surface area (Å²) in [7, 11) is 2.94. The van der Waals surface area contributed by atoms with Gasteiger partial charge in [0.25, 0.3) is 0 Å². The van der Waals surface area contributed by atoms with Crippen molar-refractivity contribution in [3.63, 3.8) is 0 Å². The number of carbonyl (C=O) groups excluding carboxylic acids is 1. The van der Waals surface area contributed by atoms with Crippen molar-refractivity contribution in [2.75, 3.05) is 14.2 Å². The second-order valence-electron chi connectivity index (χ2n) is 4.02. The van der Waals surface area contributed by atoms with Crippen LogP contribution in [-0.4, -0.2) is 20.0 Å². The van der Waals surface area contributed by atoms with Crippen LogP contribution in [0.1, 0.15) is 15.9 Å². The monoisotopic (exact) mass is 338 g/mol. The zero-order valence-corrected chi connectivity index (χ0v) is 12.5. The molecule has 0 bridgehead atoms. The summed E-state index contributed by atoms with van der Waals surface area (Å²) in [5.41, 5.74) is 0.327. The first-order valence-electron chi connectivity index (χ1n) is 5.78. The molecule has 20 heavy (non-hydrogen) atoms. The molecule has 2 aromatic rings. The predicted molar refractivity (Wildman–Crippen MR) is 77.1 cm³/mol. The van der Waals surface area contributed by atoms with Crippen molar-refractivity contribution in [3.05, 3.63) is 57.8 Å². The fourth-order valence-electron chi connectivity index (χ4n) is 1.76. The summed E-state index contributed by atoms with van der Waals surface area (Å²) in [6.45, 7) is 0. The standard InChI is InChI=1S/C15H12BrFO3/c1-19-9-4-6-13(16)12(7-9)15(18)11-5-3-10(20-2)8-14(11)17/h3-8H,1-2H3. The van der Waals surface area contributed by atoms with Crippen LogP contribution in [0.2, 0.25) is 0 Å². The van der Waals surface area contributed by atoms with E-state index >= 15 is 0 Å². The molecule has 0 aliphatic carbocycles. The lowest BCUT2D eigenvalue weighted by Crippen LogP contribution is -2.06. The molecular weight excluding hydrogens is 327 g/mol. The average Bonchev–Trinajstić information content (AvgIpc) is 2.47. The molecule has 0 N–H and O–H groups in total. The highest BCUT2D eigenvalue weighted by Gasteiger charge is 2.18. The average molecular weight is 339 g/mol. The van der Waals surface area contributed by atoms with Crippen molar-refractivity contribution in [3.8, 4) is 11.5 Å². The maximum Gasteiger partial charge on any atom is 0.197 e. The van der Waals surface area contributed by atoms with Crippen molar-refractivity contribution in [1.29, 1.82) is 0 Å². The SMILES string of the molecule is COc1ccc(C(=O)c2cc(OC)ccc2Br)c(F)c1. The van der Waals surface area contributed by atoms with Crippen LogP contribution in [0.25, 0.3) is 0 Å². The molecule has 0 unspecified atom stereocenters. The van der Waals surface area contributed by atoms with Gasteiger partial charge in [-0.1, -0.05) is 15.9 Å². The lowest BCUT2D eigenvalue weighted by Gasteiger charge is -2.08. The number of carbonyl (C=O) groups is 1. The van der Waals surface area contributed by atoms with Crippen LogP contribution in [0.15, 0.2) is 40.9 Å². The Morgan fingerprint density at radius 1 is 1.00 bits per heavy atom. The fourth-order valence-corrected chi connectivity index (χ4v) is 2.18. The summed E-state index contributed by atoms with van der Waals surface area (Å²) >= 11 is 3.29. The lowest BCUT2D eigenvalue weighted by molar-refractivity contribution is 0.103. The van der Waals surface area contributed by atoms with Crippen LogP contribution in [-0.2, 0) is 0 Å². The minimum absolute atomic E-state index is 0.0141. The van der Waals surface area contributed by atoms with E-state index in [2.05, 4.69) is 15.9 Å². The van der Waals surface area contributed by atoms with Crippen LogP contribution < -0.4 is 9.47 Å². The van der Waals surface area contributed by atoms with Gasteiger partial charge < -0.3 is 9.47 Å². The molecule has 104 valence electrons. The zero-order chi connectivity index (χ0) is 14.7. The molecule has 0 aromatic heterocycles. The number of rotatable bonds is 4. The molecule has 0 radical (unpaired) electrons. The Balaban J connectivity index is 2.46. The maximum absolute atomic E-state index is 13.9. The number of hydrogen-bond acceptors (Lipinski definition) is 3. The second kappa shape index (κ2) is 6.05. The maximum atomic E-state index is 13.9. The first-order valence-corrected chi connectivity index (χ1v) is 6.58. The summed E-state index contributed by atoms with van der Waals surface area (Å²) < 4.78 is 24.5. The number of halogens is 2.